The van der Waals surface area contributed by atoms with Gasteiger partial charge in [0.25, 0.3) is 0 Å². The Labute approximate surface area is 164 Å². The zero-order chi connectivity index (χ0) is 20.9. The van der Waals surface area contributed by atoms with E-state index in [9.17, 15) is 23.2 Å². The van der Waals surface area contributed by atoms with Gasteiger partial charge in [0, 0.05) is 20.5 Å². The lowest BCUT2D eigenvalue weighted by Crippen LogP contribution is -2.20. The number of nitriles is 1. The molecule has 0 saturated carbocycles. The highest BCUT2D eigenvalue weighted by Gasteiger charge is 2.30. The van der Waals surface area contributed by atoms with Crippen molar-refractivity contribution in [3.05, 3.63) is 41.0 Å². The van der Waals surface area contributed by atoms with Gasteiger partial charge in [-0.25, -0.2) is 4.98 Å². The van der Waals surface area contributed by atoms with Crippen LogP contribution in [0.5, 0.6) is 0 Å². The number of hydrogen-bond acceptors (Lipinski definition) is 7. The minimum atomic E-state index is -4.46. The van der Waals surface area contributed by atoms with Gasteiger partial charge < -0.3 is 10.2 Å². The lowest BCUT2D eigenvalue weighted by atomic mass is 10.1. The molecule has 10 heteroatoms. The van der Waals surface area contributed by atoms with Crippen molar-refractivity contribution in [1.82, 2.24) is 9.97 Å². The number of hydrogen-bond donors (Lipinski definition) is 1. The zero-order valence-corrected chi connectivity index (χ0v) is 16.3. The lowest BCUT2D eigenvalue weighted by Gasteiger charge is -2.15. The molecule has 148 valence electrons. The summed E-state index contributed by atoms with van der Waals surface area (Å²) < 4.78 is 38.4. The molecule has 0 radical (unpaired) electrons. The maximum Gasteiger partial charge on any atom is 0.416 e. The van der Waals surface area contributed by atoms with Gasteiger partial charge in [-0.05, 0) is 17.9 Å². The highest BCUT2D eigenvalue weighted by atomic mass is 32.2. The predicted molar refractivity (Wildman–Crippen MR) is 101 cm³/mol. The van der Waals surface area contributed by atoms with Crippen LogP contribution < -0.4 is 10.2 Å². The minimum absolute atomic E-state index is 0.167. The van der Waals surface area contributed by atoms with Crippen LogP contribution >= 0.6 is 11.8 Å². The van der Waals surface area contributed by atoms with Gasteiger partial charge >= 0.3 is 6.18 Å². The third kappa shape index (κ3) is 5.36. The van der Waals surface area contributed by atoms with Gasteiger partial charge in [0.1, 0.15) is 16.7 Å². The van der Waals surface area contributed by atoms with Gasteiger partial charge in [-0.2, -0.15) is 23.4 Å². The van der Waals surface area contributed by atoms with Gasteiger partial charge in [-0.3, -0.25) is 4.79 Å². The predicted octanol–water partition coefficient (Wildman–Crippen LogP) is 3.38. The number of alkyl halides is 3. The maximum atomic E-state index is 12.8. The van der Waals surface area contributed by atoms with E-state index in [1.165, 1.54) is 23.9 Å². The molecular formula is C18H18F3N5OS. The van der Waals surface area contributed by atoms with Crippen molar-refractivity contribution in [2.45, 2.75) is 17.6 Å². The number of carbonyl (C=O) groups excluding carboxylic acids is 1. The summed E-state index contributed by atoms with van der Waals surface area (Å²) in [5.74, 6) is 0.248. The largest absolute Gasteiger partial charge is 0.416 e. The second-order valence-corrected chi connectivity index (χ2v) is 6.82. The molecule has 28 heavy (non-hydrogen) atoms. The second kappa shape index (κ2) is 8.93. The summed E-state index contributed by atoms with van der Waals surface area (Å²) >= 11 is 1.27. The summed E-state index contributed by atoms with van der Waals surface area (Å²) in [6.07, 6.45) is -2.86. The van der Waals surface area contributed by atoms with Crippen LogP contribution in [0.1, 0.15) is 16.7 Å². The number of halogens is 3. The van der Waals surface area contributed by atoms with E-state index in [-0.39, 0.29) is 35.7 Å². The van der Waals surface area contributed by atoms with Crippen molar-refractivity contribution < 1.29 is 18.0 Å². The Balaban J connectivity index is 2.15. The van der Waals surface area contributed by atoms with Gasteiger partial charge in [-0.1, -0.05) is 18.2 Å². The normalized spacial score (nSPS) is 11.0. The third-order valence-electron chi connectivity index (χ3n) is 3.68. The molecule has 0 aliphatic rings. The van der Waals surface area contributed by atoms with Crippen molar-refractivity contribution in [2.24, 2.45) is 0 Å². The smallest absolute Gasteiger partial charge is 0.362 e. The van der Waals surface area contributed by atoms with E-state index < -0.39 is 11.7 Å². The fourth-order valence-corrected chi connectivity index (χ4v) is 2.85. The number of benzene rings is 1. The monoisotopic (exact) mass is 409 g/mol. The maximum absolute atomic E-state index is 12.8. The Kier molecular flexibility index (Phi) is 6.85. The molecule has 1 aromatic heterocycles. The summed E-state index contributed by atoms with van der Waals surface area (Å²) in [5.41, 5.74) is -0.317. The summed E-state index contributed by atoms with van der Waals surface area (Å²) in [6, 6.07) is 6.67. The van der Waals surface area contributed by atoms with E-state index in [0.29, 0.717) is 11.0 Å². The first kappa shape index (κ1) is 21.5. The van der Waals surface area contributed by atoms with Crippen LogP contribution in [-0.4, -0.2) is 42.6 Å². The fraction of sp³-hybridized carbons (Fsp3) is 0.333. The van der Waals surface area contributed by atoms with E-state index in [1.807, 2.05) is 6.07 Å². The van der Waals surface area contributed by atoms with Crippen molar-refractivity contribution in [3.8, 4) is 6.07 Å². The Hall–Kier alpha value is -2.80. The minimum Gasteiger partial charge on any atom is -0.362 e. The van der Waals surface area contributed by atoms with Crippen LogP contribution in [0.3, 0.4) is 0 Å². The number of nitrogens with zero attached hydrogens (tertiary/aromatic N) is 4. The topological polar surface area (TPSA) is 81.9 Å². The average molecular weight is 409 g/mol. The molecule has 1 aromatic carbocycles. The average Bonchev–Trinajstić information content (AvgIpc) is 2.64. The van der Waals surface area contributed by atoms with Crippen molar-refractivity contribution in [3.63, 3.8) is 0 Å². The highest BCUT2D eigenvalue weighted by Crippen LogP contribution is 2.29. The molecule has 0 spiro atoms. The molecule has 0 fully saturated rings. The molecular weight excluding hydrogens is 391 g/mol. The van der Waals surface area contributed by atoms with Gasteiger partial charge in [0.15, 0.2) is 11.6 Å². The first-order chi connectivity index (χ1) is 13.2. The molecule has 0 unspecified atom stereocenters. The molecule has 2 aromatic rings. The van der Waals surface area contributed by atoms with Crippen LogP contribution in [0.4, 0.5) is 24.9 Å². The van der Waals surface area contributed by atoms with E-state index in [0.717, 1.165) is 12.1 Å². The molecule has 0 aliphatic heterocycles. The number of nitrogens with one attached hydrogen (secondary N) is 1. The zero-order valence-electron chi connectivity index (χ0n) is 15.5. The fourth-order valence-electron chi connectivity index (χ4n) is 2.34. The summed E-state index contributed by atoms with van der Waals surface area (Å²) in [6.45, 7) is -0.178. The molecule has 0 amide bonds. The van der Waals surface area contributed by atoms with Crippen molar-refractivity contribution in [1.29, 1.82) is 5.26 Å². The van der Waals surface area contributed by atoms with E-state index in [4.69, 9.17) is 0 Å². The Morgan fingerprint density at radius 3 is 2.61 bits per heavy atom. The molecule has 1 N–H and O–H groups in total. The van der Waals surface area contributed by atoms with Crippen LogP contribution in [0, 0.1) is 11.3 Å². The van der Waals surface area contributed by atoms with Gasteiger partial charge in [-0.15, -0.1) is 11.8 Å². The SMILES string of the molecule is CSc1nc(N(C)C)nc(NCC(=O)Cc2cccc(C(F)(F)F)c2)c1C#N. The quantitative estimate of drug-likeness (QED) is 0.555. The first-order valence-corrected chi connectivity index (χ1v) is 9.33. The van der Waals surface area contributed by atoms with Crippen molar-refractivity contribution >= 4 is 29.3 Å². The molecule has 6 nitrogen and oxygen atoms in total. The van der Waals surface area contributed by atoms with E-state index in [2.05, 4.69) is 15.3 Å². The summed E-state index contributed by atoms with van der Waals surface area (Å²) in [7, 11) is 3.49. The molecule has 0 bridgehead atoms. The van der Waals surface area contributed by atoms with Crippen LogP contribution in [-0.2, 0) is 17.4 Å². The van der Waals surface area contributed by atoms with Crippen molar-refractivity contribution in [2.75, 3.05) is 37.1 Å². The standard InChI is InChI=1S/C18H18F3N5OS/c1-26(2)17-24-15(14(9-22)16(25-17)28-3)23-10-13(27)8-11-5-4-6-12(7-11)18(19,20)21/h4-7H,8,10H2,1-3H3,(H,23,24,25). The first-order valence-electron chi connectivity index (χ1n) is 8.11. The van der Waals surface area contributed by atoms with E-state index >= 15 is 0 Å². The number of rotatable bonds is 7. The number of thioether (sulfide) groups is 1. The molecule has 0 saturated heterocycles. The number of Topliss-reactive ketones (excluding diaryl/α,β-unsaturated/α-hetero) is 1. The Morgan fingerprint density at radius 2 is 2.04 bits per heavy atom. The van der Waals surface area contributed by atoms with Crippen LogP contribution in [0.2, 0.25) is 0 Å². The number of anilines is 2. The molecule has 1 heterocycles. The van der Waals surface area contributed by atoms with Crippen LogP contribution in [0.25, 0.3) is 0 Å². The Bertz CT molecular complexity index is 909. The van der Waals surface area contributed by atoms with E-state index in [1.54, 1.807) is 25.3 Å². The molecule has 0 aliphatic carbocycles. The van der Waals surface area contributed by atoms with Crippen LogP contribution in [0.15, 0.2) is 29.3 Å². The third-order valence-corrected chi connectivity index (χ3v) is 4.36. The summed E-state index contributed by atoms with van der Waals surface area (Å²) in [5, 5.41) is 12.7. The van der Waals surface area contributed by atoms with Gasteiger partial charge in [0.2, 0.25) is 5.95 Å². The van der Waals surface area contributed by atoms with Gasteiger partial charge in [0.05, 0.1) is 12.1 Å². The highest BCUT2D eigenvalue weighted by molar-refractivity contribution is 7.98. The summed E-state index contributed by atoms with van der Waals surface area (Å²) in [4.78, 5) is 22.4. The lowest BCUT2D eigenvalue weighted by molar-refractivity contribution is -0.137. The number of ketones is 1. The number of aromatic nitrogens is 2. The number of carbonyl (C=O) groups is 1. The molecule has 0 atom stereocenters. The molecule has 2 rings (SSSR count). The second-order valence-electron chi connectivity index (χ2n) is 6.03. The Morgan fingerprint density at radius 1 is 1.32 bits per heavy atom.